The topological polar surface area (TPSA) is 80.5 Å². The van der Waals surface area contributed by atoms with Crippen LogP contribution in [0.4, 0.5) is 4.39 Å². The molecule has 1 amide bonds. The molecule has 2 aromatic heterocycles. The highest BCUT2D eigenvalue weighted by atomic mass is 32.2. The minimum atomic E-state index is -3.60. The summed E-state index contributed by atoms with van der Waals surface area (Å²) in [7, 11) is -3.60. The fraction of sp³-hybridized carbons (Fsp3) is 0.176. The monoisotopic (exact) mass is 361 g/mol. The van der Waals surface area contributed by atoms with E-state index in [1.165, 1.54) is 12.1 Å². The first-order valence-corrected chi connectivity index (χ1v) is 9.24. The van der Waals surface area contributed by atoms with Crippen LogP contribution in [0.2, 0.25) is 0 Å². The molecule has 0 aliphatic carbocycles. The number of rotatable bonds is 5. The Morgan fingerprint density at radius 2 is 1.92 bits per heavy atom. The minimum absolute atomic E-state index is 0.0204. The number of hydrogen-bond donors (Lipinski definition) is 1. The van der Waals surface area contributed by atoms with E-state index in [0.29, 0.717) is 11.3 Å². The fourth-order valence-corrected chi connectivity index (χ4v) is 3.63. The number of nitrogens with zero attached hydrogens (tertiary/aromatic N) is 2. The van der Waals surface area contributed by atoms with Crippen molar-refractivity contribution in [2.45, 2.75) is 11.8 Å². The number of carbonyl (C=O) groups excluding carboxylic acids is 1. The minimum Gasteiger partial charge on any atom is -0.350 e. The van der Waals surface area contributed by atoms with Gasteiger partial charge in [-0.25, -0.2) is 17.8 Å². The van der Waals surface area contributed by atoms with Crippen molar-refractivity contribution in [3.05, 3.63) is 65.9 Å². The van der Waals surface area contributed by atoms with E-state index in [2.05, 4.69) is 10.3 Å². The average molecular weight is 361 g/mol. The standard InChI is InChI=1S/C17H16FN3O3S/c1-12-16(20-15-4-2-3-10-21(12)15)17(22)19-9-11-25(23,24)14-7-5-13(18)6-8-14/h2-8,10H,9,11H2,1H3,(H,19,22). The van der Waals surface area contributed by atoms with Gasteiger partial charge < -0.3 is 9.72 Å². The first-order valence-electron chi connectivity index (χ1n) is 7.59. The molecule has 1 aromatic carbocycles. The second-order valence-electron chi connectivity index (χ2n) is 5.50. The normalized spacial score (nSPS) is 11.6. The number of imidazole rings is 1. The van der Waals surface area contributed by atoms with Crippen LogP contribution in [0, 0.1) is 12.7 Å². The summed E-state index contributed by atoms with van der Waals surface area (Å²) in [5.74, 6) is -1.22. The Kier molecular flexibility index (Phi) is 4.54. The maximum absolute atomic E-state index is 12.9. The van der Waals surface area contributed by atoms with Crippen LogP contribution in [-0.4, -0.2) is 36.0 Å². The Morgan fingerprint density at radius 3 is 2.60 bits per heavy atom. The van der Waals surface area contributed by atoms with Gasteiger partial charge in [-0.05, 0) is 43.3 Å². The lowest BCUT2D eigenvalue weighted by molar-refractivity contribution is 0.0951. The molecule has 0 saturated carbocycles. The van der Waals surface area contributed by atoms with Gasteiger partial charge in [0.25, 0.3) is 5.91 Å². The van der Waals surface area contributed by atoms with Crippen molar-refractivity contribution in [1.29, 1.82) is 0 Å². The molecule has 0 aliphatic rings. The molecule has 8 heteroatoms. The zero-order valence-electron chi connectivity index (χ0n) is 13.4. The van der Waals surface area contributed by atoms with Gasteiger partial charge in [-0.15, -0.1) is 0 Å². The summed E-state index contributed by atoms with van der Waals surface area (Å²) in [6.07, 6.45) is 1.80. The number of fused-ring (bicyclic) bond motifs is 1. The van der Waals surface area contributed by atoms with Gasteiger partial charge in [0.05, 0.1) is 16.3 Å². The van der Waals surface area contributed by atoms with Crippen LogP contribution < -0.4 is 5.32 Å². The first kappa shape index (κ1) is 17.1. The molecule has 0 saturated heterocycles. The molecule has 6 nitrogen and oxygen atoms in total. The SMILES string of the molecule is Cc1c(C(=O)NCCS(=O)(=O)c2ccc(F)cc2)nc2ccccn12. The summed E-state index contributed by atoms with van der Waals surface area (Å²) in [4.78, 5) is 16.5. The number of carbonyl (C=O) groups is 1. The van der Waals surface area contributed by atoms with Crippen LogP contribution in [0.1, 0.15) is 16.2 Å². The van der Waals surface area contributed by atoms with Gasteiger partial charge in [-0.2, -0.15) is 0 Å². The summed E-state index contributed by atoms with van der Waals surface area (Å²) in [6, 6.07) is 10.0. The molecule has 0 bridgehead atoms. The largest absolute Gasteiger partial charge is 0.350 e. The number of nitrogens with one attached hydrogen (secondary N) is 1. The number of sulfone groups is 1. The number of hydrogen-bond acceptors (Lipinski definition) is 4. The van der Waals surface area contributed by atoms with Crippen molar-refractivity contribution in [2.75, 3.05) is 12.3 Å². The summed E-state index contributed by atoms with van der Waals surface area (Å²) in [6.45, 7) is 1.70. The van der Waals surface area contributed by atoms with Crippen molar-refractivity contribution >= 4 is 21.4 Å². The Balaban J connectivity index is 1.67. The zero-order chi connectivity index (χ0) is 18.0. The van der Waals surface area contributed by atoms with E-state index < -0.39 is 21.6 Å². The Morgan fingerprint density at radius 1 is 1.20 bits per heavy atom. The van der Waals surface area contributed by atoms with Crippen LogP contribution in [0.5, 0.6) is 0 Å². The lowest BCUT2D eigenvalue weighted by Gasteiger charge is -2.06. The maximum Gasteiger partial charge on any atom is 0.271 e. The van der Waals surface area contributed by atoms with Gasteiger partial charge in [0, 0.05) is 12.7 Å². The molecule has 0 fully saturated rings. The van der Waals surface area contributed by atoms with Crippen molar-refractivity contribution < 1.29 is 17.6 Å². The smallest absolute Gasteiger partial charge is 0.271 e. The van der Waals surface area contributed by atoms with E-state index in [0.717, 1.165) is 12.1 Å². The van der Waals surface area contributed by atoms with E-state index in [1.807, 2.05) is 12.1 Å². The molecule has 25 heavy (non-hydrogen) atoms. The van der Waals surface area contributed by atoms with E-state index in [9.17, 15) is 17.6 Å². The summed E-state index contributed by atoms with van der Waals surface area (Å²) < 4.78 is 39.0. The molecule has 0 unspecified atom stereocenters. The molecule has 0 atom stereocenters. The van der Waals surface area contributed by atoms with E-state index in [1.54, 1.807) is 23.6 Å². The van der Waals surface area contributed by atoms with E-state index in [-0.39, 0.29) is 22.9 Å². The second kappa shape index (κ2) is 6.64. The molecule has 1 N–H and O–H groups in total. The molecule has 3 rings (SSSR count). The number of aryl methyl sites for hydroxylation is 1. The molecular formula is C17H16FN3O3S. The molecule has 2 heterocycles. The number of aromatic nitrogens is 2. The van der Waals surface area contributed by atoms with Crippen molar-refractivity contribution in [1.82, 2.24) is 14.7 Å². The summed E-state index contributed by atoms with van der Waals surface area (Å²) in [5.41, 5.74) is 1.57. The average Bonchev–Trinajstić information content (AvgIpc) is 2.92. The van der Waals surface area contributed by atoms with Crippen LogP contribution in [0.15, 0.2) is 53.6 Å². The highest BCUT2D eigenvalue weighted by Crippen LogP contribution is 2.13. The Hall–Kier alpha value is -2.74. The van der Waals surface area contributed by atoms with Gasteiger partial charge in [-0.3, -0.25) is 4.79 Å². The summed E-state index contributed by atoms with van der Waals surface area (Å²) >= 11 is 0. The predicted molar refractivity (Wildman–Crippen MR) is 90.7 cm³/mol. The van der Waals surface area contributed by atoms with Crippen LogP contribution in [-0.2, 0) is 9.84 Å². The molecule has 3 aromatic rings. The van der Waals surface area contributed by atoms with Crippen LogP contribution in [0.3, 0.4) is 0 Å². The van der Waals surface area contributed by atoms with E-state index >= 15 is 0 Å². The fourth-order valence-electron chi connectivity index (χ4n) is 2.48. The molecular weight excluding hydrogens is 345 g/mol. The number of halogens is 1. The van der Waals surface area contributed by atoms with Gasteiger partial charge in [0.15, 0.2) is 9.84 Å². The second-order valence-corrected chi connectivity index (χ2v) is 7.61. The van der Waals surface area contributed by atoms with Gasteiger partial charge in [-0.1, -0.05) is 6.07 Å². The van der Waals surface area contributed by atoms with Gasteiger partial charge in [0.2, 0.25) is 0 Å². The predicted octanol–water partition coefficient (Wildman–Crippen LogP) is 1.99. The Bertz CT molecular complexity index is 1030. The molecule has 0 spiro atoms. The van der Waals surface area contributed by atoms with Crippen molar-refractivity contribution in [3.8, 4) is 0 Å². The maximum atomic E-state index is 12.9. The van der Waals surface area contributed by atoms with Crippen LogP contribution in [0.25, 0.3) is 5.65 Å². The lowest BCUT2D eigenvalue weighted by Crippen LogP contribution is -2.29. The highest BCUT2D eigenvalue weighted by molar-refractivity contribution is 7.91. The number of benzene rings is 1. The van der Waals surface area contributed by atoms with Gasteiger partial charge in [0.1, 0.15) is 17.2 Å². The molecule has 0 radical (unpaired) electrons. The number of amides is 1. The first-order chi connectivity index (χ1) is 11.9. The third-order valence-electron chi connectivity index (χ3n) is 3.81. The summed E-state index contributed by atoms with van der Waals surface area (Å²) in [5, 5.41) is 2.57. The molecule has 130 valence electrons. The quantitative estimate of drug-likeness (QED) is 0.705. The van der Waals surface area contributed by atoms with Crippen molar-refractivity contribution in [3.63, 3.8) is 0 Å². The van der Waals surface area contributed by atoms with Crippen molar-refractivity contribution in [2.24, 2.45) is 0 Å². The van der Waals surface area contributed by atoms with Crippen LogP contribution >= 0.6 is 0 Å². The molecule has 0 aliphatic heterocycles. The van der Waals surface area contributed by atoms with E-state index in [4.69, 9.17) is 0 Å². The zero-order valence-corrected chi connectivity index (χ0v) is 14.3. The number of pyridine rings is 1. The third-order valence-corrected chi connectivity index (χ3v) is 5.54. The lowest BCUT2D eigenvalue weighted by atomic mass is 10.3. The van der Waals surface area contributed by atoms with Gasteiger partial charge >= 0.3 is 0 Å². The Labute approximate surface area is 144 Å². The highest BCUT2D eigenvalue weighted by Gasteiger charge is 2.18. The third kappa shape index (κ3) is 3.53.